The zero-order valence-electron chi connectivity index (χ0n) is 9.52. The molecule has 0 aromatic rings. The van der Waals surface area contributed by atoms with Crippen LogP contribution in [-0.2, 0) is 0 Å². The van der Waals surface area contributed by atoms with Crippen LogP contribution in [0, 0.1) is 16.2 Å². The molecular formula is C11H23NO. The van der Waals surface area contributed by atoms with Crippen LogP contribution in [0.25, 0.3) is 0 Å². The molecule has 2 nitrogen and oxygen atoms in total. The molecule has 1 aliphatic carbocycles. The first-order valence-electron chi connectivity index (χ1n) is 5.05. The zero-order valence-corrected chi connectivity index (χ0v) is 9.52. The summed E-state index contributed by atoms with van der Waals surface area (Å²) < 4.78 is 0. The Morgan fingerprint density at radius 2 is 1.77 bits per heavy atom. The Balaban J connectivity index is 2.83. The van der Waals surface area contributed by atoms with E-state index in [2.05, 4.69) is 34.6 Å². The van der Waals surface area contributed by atoms with Crippen molar-refractivity contribution in [3.8, 4) is 0 Å². The normalized spacial score (nSPS) is 34.4. The highest BCUT2D eigenvalue weighted by Crippen LogP contribution is 2.66. The summed E-state index contributed by atoms with van der Waals surface area (Å²) in [4.78, 5) is 0. The number of hydrogen-bond donors (Lipinski definition) is 2. The second kappa shape index (κ2) is 2.71. The minimum atomic E-state index is -0.292. The molecule has 2 heteroatoms. The molecule has 0 aromatic heterocycles. The number of rotatable bonds is 2. The topological polar surface area (TPSA) is 46.2 Å². The van der Waals surface area contributed by atoms with Crippen LogP contribution in [0.3, 0.4) is 0 Å². The molecule has 0 bridgehead atoms. The van der Waals surface area contributed by atoms with Crippen LogP contribution in [0.4, 0.5) is 0 Å². The Bertz CT molecular complexity index is 201. The lowest BCUT2D eigenvalue weighted by molar-refractivity contribution is -0.0122. The first kappa shape index (κ1) is 11.0. The third kappa shape index (κ3) is 1.50. The van der Waals surface area contributed by atoms with Gasteiger partial charge in [-0.25, -0.2) is 0 Å². The minimum absolute atomic E-state index is 0.0365. The first-order valence-corrected chi connectivity index (χ1v) is 5.05. The maximum atomic E-state index is 10.2. The fraction of sp³-hybridized carbons (Fsp3) is 1.00. The van der Waals surface area contributed by atoms with Gasteiger partial charge in [-0.05, 0) is 17.3 Å². The van der Waals surface area contributed by atoms with Gasteiger partial charge in [0.15, 0.2) is 0 Å². The van der Waals surface area contributed by atoms with Crippen molar-refractivity contribution >= 4 is 0 Å². The summed E-state index contributed by atoms with van der Waals surface area (Å²) >= 11 is 0. The van der Waals surface area contributed by atoms with E-state index in [1.54, 1.807) is 0 Å². The molecular weight excluding hydrogens is 162 g/mol. The van der Waals surface area contributed by atoms with E-state index in [1.807, 2.05) is 0 Å². The summed E-state index contributed by atoms with van der Waals surface area (Å²) in [5.74, 6) is 0. The largest absolute Gasteiger partial charge is 0.392 e. The summed E-state index contributed by atoms with van der Waals surface area (Å²) in [6, 6.07) is 0. The van der Waals surface area contributed by atoms with Crippen molar-refractivity contribution < 1.29 is 5.11 Å². The average Bonchev–Trinajstić information content (AvgIpc) is 2.51. The van der Waals surface area contributed by atoms with E-state index in [0.717, 1.165) is 6.42 Å². The van der Waals surface area contributed by atoms with Gasteiger partial charge in [-0.3, -0.25) is 0 Å². The third-order valence-electron chi connectivity index (χ3n) is 3.69. The fourth-order valence-electron chi connectivity index (χ4n) is 2.50. The summed E-state index contributed by atoms with van der Waals surface area (Å²) in [6.45, 7) is 11.2. The van der Waals surface area contributed by atoms with Crippen molar-refractivity contribution in [2.75, 3.05) is 6.54 Å². The van der Waals surface area contributed by atoms with Crippen molar-refractivity contribution in [1.82, 2.24) is 0 Å². The molecule has 0 spiro atoms. The molecule has 0 aliphatic heterocycles. The standard InChI is InChI=1S/C11H23NO/c1-9(2,3)8(13)11(7-12)6-10(11,4)5/h8,13H,6-7,12H2,1-5H3. The van der Waals surface area contributed by atoms with Gasteiger partial charge in [0.05, 0.1) is 6.10 Å². The highest BCUT2D eigenvalue weighted by molar-refractivity contribution is 5.15. The molecule has 0 amide bonds. The van der Waals surface area contributed by atoms with Gasteiger partial charge in [0.2, 0.25) is 0 Å². The highest BCUT2D eigenvalue weighted by Gasteiger charge is 2.65. The maximum Gasteiger partial charge on any atom is 0.0662 e. The van der Waals surface area contributed by atoms with Crippen LogP contribution >= 0.6 is 0 Å². The number of aliphatic hydroxyl groups excluding tert-OH is 1. The quantitative estimate of drug-likeness (QED) is 0.688. The molecule has 0 heterocycles. The summed E-state index contributed by atoms with van der Waals surface area (Å²) in [5, 5.41) is 10.2. The van der Waals surface area contributed by atoms with Crippen LogP contribution in [0.1, 0.15) is 41.0 Å². The summed E-state index contributed by atoms with van der Waals surface area (Å²) in [6.07, 6.45) is 0.759. The Morgan fingerprint density at radius 3 is 1.85 bits per heavy atom. The smallest absolute Gasteiger partial charge is 0.0662 e. The molecule has 2 atom stereocenters. The van der Waals surface area contributed by atoms with Gasteiger partial charge in [-0.15, -0.1) is 0 Å². The van der Waals surface area contributed by atoms with Crippen molar-refractivity contribution in [3.63, 3.8) is 0 Å². The Morgan fingerprint density at radius 1 is 1.38 bits per heavy atom. The van der Waals surface area contributed by atoms with Gasteiger partial charge in [0, 0.05) is 12.0 Å². The monoisotopic (exact) mass is 185 g/mol. The summed E-state index contributed by atoms with van der Waals surface area (Å²) in [7, 11) is 0. The van der Waals surface area contributed by atoms with E-state index >= 15 is 0 Å². The van der Waals surface area contributed by atoms with Crippen molar-refractivity contribution in [2.45, 2.75) is 47.1 Å². The number of hydrogen-bond acceptors (Lipinski definition) is 2. The van der Waals surface area contributed by atoms with Gasteiger partial charge in [-0.2, -0.15) is 0 Å². The zero-order chi connectivity index (χ0) is 10.5. The van der Waals surface area contributed by atoms with Gasteiger partial charge in [0.1, 0.15) is 0 Å². The van der Waals surface area contributed by atoms with Gasteiger partial charge in [-0.1, -0.05) is 34.6 Å². The second-order valence-electron chi connectivity index (χ2n) is 6.19. The van der Waals surface area contributed by atoms with Gasteiger partial charge < -0.3 is 10.8 Å². The maximum absolute atomic E-state index is 10.2. The lowest BCUT2D eigenvalue weighted by Crippen LogP contribution is -2.42. The van der Waals surface area contributed by atoms with Crippen LogP contribution < -0.4 is 5.73 Å². The van der Waals surface area contributed by atoms with E-state index in [1.165, 1.54) is 0 Å². The molecule has 2 unspecified atom stereocenters. The third-order valence-corrected chi connectivity index (χ3v) is 3.69. The molecule has 1 rings (SSSR count). The van der Waals surface area contributed by atoms with E-state index in [9.17, 15) is 5.11 Å². The van der Waals surface area contributed by atoms with E-state index in [0.29, 0.717) is 6.54 Å². The van der Waals surface area contributed by atoms with E-state index < -0.39 is 0 Å². The van der Waals surface area contributed by atoms with Crippen molar-refractivity contribution in [1.29, 1.82) is 0 Å². The van der Waals surface area contributed by atoms with Crippen molar-refractivity contribution in [2.24, 2.45) is 22.0 Å². The van der Waals surface area contributed by atoms with Gasteiger partial charge in [0.25, 0.3) is 0 Å². The Labute approximate surface area is 81.5 Å². The highest BCUT2D eigenvalue weighted by atomic mass is 16.3. The van der Waals surface area contributed by atoms with Crippen LogP contribution in [0.15, 0.2) is 0 Å². The SMILES string of the molecule is CC(C)(C)C(O)C1(CN)CC1(C)C. The first-order chi connectivity index (χ1) is 5.67. The lowest BCUT2D eigenvalue weighted by atomic mass is 9.76. The Kier molecular flexibility index (Phi) is 2.29. The molecule has 13 heavy (non-hydrogen) atoms. The van der Waals surface area contributed by atoms with Gasteiger partial charge >= 0.3 is 0 Å². The van der Waals surface area contributed by atoms with E-state index in [4.69, 9.17) is 5.73 Å². The Hall–Kier alpha value is -0.0800. The van der Waals surface area contributed by atoms with E-state index in [-0.39, 0.29) is 22.3 Å². The predicted octanol–water partition coefficient (Wildman–Crippen LogP) is 1.77. The number of nitrogens with two attached hydrogens (primary N) is 1. The fourth-order valence-corrected chi connectivity index (χ4v) is 2.50. The molecule has 78 valence electrons. The minimum Gasteiger partial charge on any atom is -0.392 e. The molecule has 0 aromatic carbocycles. The second-order valence-corrected chi connectivity index (χ2v) is 6.19. The van der Waals surface area contributed by atoms with Crippen LogP contribution in [-0.4, -0.2) is 17.8 Å². The predicted molar refractivity (Wildman–Crippen MR) is 55.3 cm³/mol. The molecule has 1 saturated carbocycles. The van der Waals surface area contributed by atoms with Crippen LogP contribution in [0.2, 0.25) is 0 Å². The number of aliphatic hydroxyl groups is 1. The molecule has 0 radical (unpaired) electrons. The summed E-state index contributed by atoms with van der Waals surface area (Å²) in [5.41, 5.74) is 5.90. The molecule has 0 saturated heterocycles. The molecule has 3 N–H and O–H groups in total. The average molecular weight is 185 g/mol. The lowest BCUT2D eigenvalue weighted by Gasteiger charge is -2.35. The molecule has 1 fully saturated rings. The molecule has 1 aliphatic rings. The van der Waals surface area contributed by atoms with Crippen LogP contribution in [0.5, 0.6) is 0 Å². The van der Waals surface area contributed by atoms with Crippen molar-refractivity contribution in [3.05, 3.63) is 0 Å².